The average molecular weight is 353 g/mol. The number of benzene rings is 1. The third-order valence-corrected chi connectivity index (χ3v) is 6.98. The molecule has 1 aromatic carbocycles. The minimum atomic E-state index is -0.903. The molecule has 124 valence electrons. The summed E-state index contributed by atoms with van der Waals surface area (Å²) in [5.41, 5.74) is 1.90. The summed E-state index contributed by atoms with van der Waals surface area (Å²) >= 11 is 3.88. The lowest BCUT2D eigenvalue weighted by molar-refractivity contribution is -0.141. The molecule has 0 spiro atoms. The van der Waals surface area contributed by atoms with Crippen LogP contribution in [0.5, 0.6) is 0 Å². The van der Waals surface area contributed by atoms with Crippen LogP contribution < -0.4 is 0 Å². The molecular weight excluding hydrogens is 334 g/mol. The smallest absolute Gasteiger partial charge is 0.306 e. The van der Waals surface area contributed by atoms with Crippen molar-refractivity contribution in [2.45, 2.75) is 17.1 Å². The van der Waals surface area contributed by atoms with E-state index >= 15 is 0 Å². The topological polar surface area (TPSA) is 66.8 Å². The Morgan fingerprint density at radius 3 is 2.57 bits per heavy atom. The lowest BCUT2D eigenvalue weighted by Crippen LogP contribution is -2.46. The SMILES string of the molecule is O=C(O)CC1CN(C(=O)c2ccc(C3SCCS3)cc2)CCO1. The van der Waals surface area contributed by atoms with Gasteiger partial charge in [-0.3, -0.25) is 9.59 Å². The first kappa shape index (κ1) is 16.7. The number of carboxylic acid groups (broad SMARTS) is 1. The van der Waals surface area contributed by atoms with Crippen molar-refractivity contribution in [1.29, 1.82) is 0 Å². The summed E-state index contributed by atoms with van der Waals surface area (Å²) in [7, 11) is 0. The second-order valence-electron chi connectivity index (χ2n) is 5.54. The van der Waals surface area contributed by atoms with E-state index in [1.165, 1.54) is 17.1 Å². The van der Waals surface area contributed by atoms with Crippen LogP contribution in [0.15, 0.2) is 24.3 Å². The van der Waals surface area contributed by atoms with Crippen LogP contribution in [0.2, 0.25) is 0 Å². The van der Waals surface area contributed by atoms with E-state index in [2.05, 4.69) is 0 Å². The third kappa shape index (κ3) is 4.22. The molecule has 23 heavy (non-hydrogen) atoms. The number of hydrogen-bond donors (Lipinski definition) is 1. The Morgan fingerprint density at radius 2 is 1.91 bits per heavy atom. The highest BCUT2D eigenvalue weighted by molar-refractivity contribution is 8.19. The summed E-state index contributed by atoms with van der Waals surface area (Å²) < 4.78 is 5.89. The molecule has 0 aliphatic carbocycles. The maximum atomic E-state index is 12.6. The van der Waals surface area contributed by atoms with Crippen LogP contribution in [0.1, 0.15) is 26.9 Å². The molecule has 0 aromatic heterocycles. The first-order valence-corrected chi connectivity index (χ1v) is 9.69. The van der Waals surface area contributed by atoms with Gasteiger partial charge in [-0.15, -0.1) is 23.5 Å². The predicted molar refractivity (Wildman–Crippen MR) is 92.0 cm³/mol. The molecule has 1 atom stereocenters. The lowest BCUT2D eigenvalue weighted by atomic mass is 10.1. The summed E-state index contributed by atoms with van der Waals surface area (Å²) in [4.78, 5) is 25.1. The van der Waals surface area contributed by atoms with Gasteiger partial charge in [0.25, 0.3) is 5.91 Å². The van der Waals surface area contributed by atoms with Crippen molar-refractivity contribution in [3.63, 3.8) is 0 Å². The molecule has 1 amide bonds. The molecule has 3 rings (SSSR count). The molecule has 7 heteroatoms. The van der Waals surface area contributed by atoms with Gasteiger partial charge in [-0.25, -0.2) is 0 Å². The molecule has 2 heterocycles. The highest BCUT2D eigenvalue weighted by atomic mass is 32.2. The van der Waals surface area contributed by atoms with E-state index in [-0.39, 0.29) is 12.3 Å². The Hall–Kier alpha value is -1.18. The molecule has 2 fully saturated rings. The monoisotopic (exact) mass is 353 g/mol. The zero-order chi connectivity index (χ0) is 16.2. The van der Waals surface area contributed by atoms with Gasteiger partial charge in [0.1, 0.15) is 0 Å². The van der Waals surface area contributed by atoms with Crippen molar-refractivity contribution < 1.29 is 19.4 Å². The van der Waals surface area contributed by atoms with Gasteiger partial charge in [0.15, 0.2) is 0 Å². The maximum absolute atomic E-state index is 12.6. The number of hydrogen-bond acceptors (Lipinski definition) is 5. The van der Waals surface area contributed by atoms with Gasteiger partial charge >= 0.3 is 5.97 Å². The van der Waals surface area contributed by atoms with Gasteiger partial charge in [0.2, 0.25) is 0 Å². The molecule has 2 saturated heterocycles. The van der Waals surface area contributed by atoms with Crippen molar-refractivity contribution in [1.82, 2.24) is 4.90 Å². The van der Waals surface area contributed by atoms with Crippen molar-refractivity contribution >= 4 is 35.4 Å². The van der Waals surface area contributed by atoms with Crippen molar-refractivity contribution in [3.05, 3.63) is 35.4 Å². The minimum absolute atomic E-state index is 0.0537. The molecule has 0 saturated carbocycles. The van der Waals surface area contributed by atoms with Crippen molar-refractivity contribution in [2.24, 2.45) is 0 Å². The molecule has 0 bridgehead atoms. The second-order valence-corrected chi connectivity index (χ2v) is 8.26. The summed E-state index contributed by atoms with van der Waals surface area (Å²) in [6.45, 7) is 1.23. The first-order chi connectivity index (χ1) is 11.1. The lowest BCUT2D eigenvalue weighted by Gasteiger charge is -2.32. The zero-order valence-electron chi connectivity index (χ0n) is 12.6. The van der Waals surface area contributed by atoms with E-state index in [1.807, 2.05) is 47.8 Å². The quantitative estimate of drug-likeness (QED) is 0.897. The van der Waals surface area contributed by atoms with Crippen LogP contribution in [0, 0.1) is 0 Å². The number of thioether (sulfide) groups is 2. The number of rotatable bonds is 4. The number of aliphatic carboxylic acids is 1. The fraction of sp³-hybridized carbons (Fsp3) is 0.500. The average Bonchev–Trinajstić information content (AvgIpc) is 3.08. The third-order valence-electron chi connectivity index (χ3n) is 3.88. The van der Waals surface area contributed by atoms with Gasteiger partial charge in [0.05, 0.1) is 23.7 Å². The Morgan fingerprint density at radius 1 is 1.22 bits per heavy atom. The highest BCUT2D eigenvalue weighted by Crippen LogP contribution is 2.45. The number of ether oxygens (including phenoxy) is 1. The van der Waals surface area contributed by atoms with Crippen LogP contribution in [-0.2, 0) is 9.53 Å². The molecular formula is C16H19NO4S2. The van der Waals surface area contributed by atoms with Crippen LogP contribution in [0.4, 0.5) is 0 Å². The van der Waals surface area contributed by atoms with Crippen molar-refractivity contribution in [3.8, 4) is 0 Å². The van der Waals surface area contributed by atoms with Crippen molar-refractivity contribution in [2.75, 3.05) is 31.2 Å². The van der Waals surface area contributed by atoms with Crippen LogP contribution in [-0.4, -0.2) is 59.2 Å². The summed E-state index contributed by atoms with van der Waals surface area (Å²) in [6.07, 6.45) is -0.491. The van der Waals surface area contributed by atoms with E-state index in [4.69, 9.17) is 9.84 Å². The van der Waals surface area contributed by atoms with Gasteiger partial charge in [-0.1, -0.05) is 12.1 Å². The summed E-state index contributed by atoms with van der Waals surface area (Å²) in [5, 5.41) is 8.85. The van der Waals surface area contributed by atoms with Gasteiger partial charge < -0.3 is 14.7 Å². The maximum Gasteiger partial charge on any atom is 0.306 e. The van der Waals surface area contributed by atoms with Crippen LogP contribution in [0.3, 0.4) is 0 Å². The predicted octanol–water partition coefficient (Wildman–Crippen LogP) is 2.48. The number of carboxylic acids is 1. The van der Waals surface area contributed by atoms with Crippen LogP contribution >= 0.6 is 23.5 Å². The molecule has 2 aliphatic heterocycles. The number of carbonyl (C=O) groups is 2. The molecule has 1 aromatic rings. The van der Waals surface area contributed by atoms with E-state index in [9.17, 15) is 9.59 Å². The number of nitrogens with zero attached hydrogens (tertiary/aromatic N) is 1. The Balaban J connectivity index is 1.63. The normalized spacial score (nSPS) is 22.3. The zero-order valence-corrected chi connectivity index (χ0v) is 14.3. The molecule has 5 nitrogen and oxygen atoms in total. The van der Waals surface area contributed by atoms with E-state index in [1.54, 1.807) is 4.90 Å². The molecule has 1 unspecified atom stereocenters. The standard InChI is InChI=1S/C16H19NO4S2/c18-14(19)9-13-10-17(5-6-21-13)15(20)11-1-3-12(4-2-11)16-22-7-8-23-16/h1-4,13,16H,5-10H2,(H,18,19). The van der Waals surface area contributed by atoms with Gasteiger partial charge in [-0.2, -0.15) is 0 Å². The minimum Gasteiger partial charge on any atom is -0.481 e. The summed E-state index contributed by atoms with van der Waals surface area (Å²) in [6, 6.07) is 7.80. The second kappa shape index (κ2) is 7.59. The van der Waals surface area contributed by atoms with Gasteiger partial charge in [-0.05, 0) is 17.7 Å². The fourth-order valence-electron chi connectivity index (χ4n) is 2.74. The van der Waals surface area contributed by atoms with Gasteiger partial charge in [0, 0.05) is 30.2 Å². The first-order valence-electron chi connectivity index (χ1n) is 7.59. The fourth-order valence-corrected chi connectivity index (χ4v) is 5.60. The van der Waals surface area contributed by atoms with E-state index < -0.39 is 12.1 Å². The molecule has 0 radical (unpaired) electrons. The van der Waals surface area contributed by atoms with E-state index in [0.717, 1.165) is 0 Å². The summed E-state index contributed by atoms with van der Waals surface area (Å²) in [5.74, 6) is 1.39. The highest BCUT2D eigenvalue weighted by Gasteiger charge is 2.27. The number of amides is 1. The molecule has 1 N–H and O–H groups in total. The Bertz CT molecular complexity index is 572. The number of morpholine rings is 1. The Kier molecular flexibility index (Phi) is 5.50. The largest absolute Gasteiger partial charge is 0.481 e. The number of carbonyl (C=O) groups excluding carboxylic acids is 1. The molecule has 2 aliphatic rings. The van der Waals surface area contributed by atoms with E-state index in [0.29, 0.717) is 29.8 Å². The van der Waals surface area contributed by atoms with Crippen LogP contribution in [0.25, 0.3) is 0 Å². The Labute approximate surface area is 143 Å².